The molecule has 120 valence electrons. The third kappa shape index (κ3) is 4.94. The van der Waals surface area contributed by atoms with Crippen LogP contribution in [0.1, 0.15) is 0 Å². The zero-order valence-electron chi connectivity index (χ0n) is 11.6. The maximum atomic E-state index is 12.3. The highest BCUT2D eigenvalue weighted by atomic mass is 35.5. The number of para-hydroxylation sites is 1. The molecular formula is C13H14Cl2N2O4S. The van der Waals surface area contributed by atoms with Gasteiger partial charge in [0.1, 0.15) is 10.6 Å². The number of sulfonamides is 1. The second kappa shape index (κ2) is 8.07. The number of rotatable bonds is 6. The highest BCUT2D eigenvalue weighted by Gasteiger charge is 2.23. The Hall–Kier alpha value is -1.70. The van der Waals surface area contributed by atoms with E-state index in [1.54, 1.807) is 6.07 Å². The zero-order valence-corrected chi connectivity index (χ0v) is 14.0. The van der Waals surface area contributed by atoms with Gasteiger partial charge in [-0.05, 0) is 23.7 Å². The van der Waals surface area contributed by atoms with Gasteiger partial charge in [0.25, 0.3) is 10.0 Å². The van der Waals surface area contributed by atoms with Crippen LogP contribution in [0.3, 0.4) is 0 Å². The normalized spacial score (nSPS) is 11.7. The molecule has 0 saturated heterocycles. The summed E-state index contributed by atoms with van der Waals surface area (Å²) >= 11 is 11.0. The molecule has 0 saturated carbocycles. The van der Waals surface area contributed by atoms with Crippen molar-refractivity contribution in [2.45, 2.75) is 4.90 Å². The molecule has 0 radical (unpaired) electrons. The number of nitrogens with zero attached hydrogens (tertiary/aromatic N) is 1. The molecule has 0 aromatic heterocycles. The Morgan fingerprint density at radius 3 is 2.68 bits per heavy atom. The van der Waals surface area contributed by atoms with E-state index in [0.29, 0.717) is 0 Å². The van der Waals surface area contributed by atoms with Crippen molar-refractivity contribution in [2.24, 2.45) is 0 Å². The van der Waals surface area contributed by atoms with E-state index < -0.39 is 16.1 Å². The topological polar surface area (TPSA) is 75.7 Å². The number of hydrogen-bond acceptors (Lipinski definition) is 4. The number of carbonyl (C=O) groups excluding carboxylic acids is 1. The van der Waals surface area contributed by atoms with Crippen LogP contribution in [0.4, 0.5) is 4.79 Å². The number of likely N-dealkylation sites (N-methyl/N-ethyl adjacent to an activating group) is 1. The molecule has 0 fully saturated rings. The predicted octanol–water partition coefficient (Wildman–Crippen LogP) is 2.86. The first-order chi connectivity index (χ1) is 10.3. The van der Waals surface area contributed by atoms with Crippen molar-refractivity contribution >= 4 is 39.3 Å². The summed E-state index contributed by atoms with van der Waals surface area (Å²) in [6.07, 6.45) is 1.47. The monoisotopic (exact) mass is 364 g/mol. The van der Waals surface area contributed by atoms with Crippen molar-refractivity contribution in [3.8, 4) is 5.75 Å². The number of urea groups is 1. The molecule has 1 aromatic rings. The first-order valence-electron chi connectivity index (χ1n) is 5.93. The number of halogens is 2. The number of hydrogen-bond donors (Lipinski definition) is 1. The lowest BCUT2D eigenvalue weighted by Crippen LogP contribution is -2.40. The summed E-state index contributed by atoms with van der Waals surface area (Å²) in [5.74, 6) is -0.0592. The van der Waals surface area contributed by atoms with Gasteiger partial charge in [0.2, 0.25) is 5.22 Å². The van der Waals surface area contributed by atoms with Gasteiger partial charge in [-0.3, -0.25) is 0 Å². The van der Waals surface area contributed by atoms with Crippen molar-refractivity contribution in [3.63, 3.8) is 0 Å². The summed E-state index contributed by atoms with van der Waals surface area (Å²) in [6.45, 7) is 3.66. The van der Waals surface area contributed by atoms with Gasteiger partial charge in [0.05, 0.1) is 5.54 Å². The average molecular weight is 365 g/mol. The van der Waals surface area contributed by atoms with E-state index in [1.807, 2.05) is 4.72 Å². The van der Waals surface area contributed by atoms with Gasteiger partial charge in [0.15, 0.2) is 0 Å². The Labute approximate surface area is 139 Å². The van der Waals surface area contributed by atoms with Crippen molar-refractivity contribution in [1.29, 1.82) is 0 Å². The average Bonchev–Trinajstić information content (AvgIpc) is 2.47. The Morgan fingerprint density at radius 2 is 2.09 bits per heavy atom. The Balaban J connectivity index is 3.08. The molecule has 0 spiro atoms. The number of benzene rings is 1. The van der Waals surface area contributed by atoms with E-state index in [2.05, 4.69) is 6.58 Å². The smallest absolute Gasteiger partial charge is 0.331 e. The summed E-state index contributed by atoms with van der Waals surface area (Å²) in [7, 11) is -2.70. The molecule has 0 atom stereocenters. The number of carbonyl (C=O) groups is 1. The van der Waals surface area contributed by atoms with E-state index in [9.17, 15) is 13.2 Å². The van der Waals surface area contributed by atoms with Crippen molar-refractivity contribution < 1.29 is 17.9 Å². The summed E-state index contributed by atoms with van der Waals surface area (Å²) in [6, 6.07) is 4.90. The summed E-state index contributed by atoms with van der Waals surface area (Å²) in [4.78, 5) is 12.7. The van der Waals surface area contributed by atoms with Gasteiger partial charge < -0.3 is 9.64 Å². The summed E-state index contributed by atoms with van der Waals surface area (Å²) < 4.78 is 31.6. The van der Waals surface area contributed by atoms with Crippen LogP contribution in [0.15, 0.2) is 52.6 Å². The van der Waals surface area contributed by atoms with E-state index in [0.717, 1.165) is 10.4 Å². The lowest BCUT2D eigenvalue weighted by molar-refractivity contribution is 0.219. The first-order valence-corrected chi connectivity index (χ1v) is 8.23. The lowest BCUT2D eigenvalue weighted by Gasteiger charge is -2.17. The van der Waals surface area contributed by atoms with Crippen LogP contribution in [-0.2, 0) is 10.0 Å². The lowest BCUT2D eigenvalue weighted by atomic mass is 10.3. The molecule has 6 nitrogen and oxygen atoms in total. The van der Waals surface area contributed by atoms with Crippen LogP contribution in [0.5, 0.6) is 5.75 Å². The highest BCUT2D eigenvalue weighted by Crippen LogP contribution is 2.26. The molecule has 22 heavy (non-hydrogen) atoms. The van der Waals surface area contributed by atoms with E-state index in [-0.39, 0.29) is 22.4 Å². The van der Waals surface area contributed by atoms with Gasteiger partial charge >= 0.3 is 6.03 Å². The summed E-state index contributed by atoms with van der Waals surface area (Å²) in [5.41, 5.74) is 0.946. The quantitative estimate of drug-likeness (QED) is 0.621. The van der Waals surface area contributed by atoms with Gasteiger partial charge in [-0.2, -0.15) is 0 Å². The molecule has 2 amide bonds. The molecule has 1 aromatic carbocycles. The Morgan fingerprint density at radius 1 is 1.45 bits per heavy atom. The van der Waals surface area contributed by atoms with E-state index in [4.69, 9.17) is 27.9 Å². The summed E-state index contributed by atoms with van der Waals surface area (Å²) in [5, 5.41) is -0.209. The van der Waals surface area contributed by atoms with E-state index in [1.165, 1.54) is 31.3 Å². The van der Waals surface area contributed by atoms with Crippen molar-refractivity contribution in [1.82, 2.24) is 9.62 Å². The van der Waals surface area contributed by atoms with Crippen LogP contribution in [-0.4, -0.2) is 32.9 Å². The molecule has 0 aliphatic rings. The van der Waals surface area contributed by atoms with Crippen LogP contribution >= 0.6 is 23.2 Å². The fourth-order valence-corrected chi connectivity index (χ4v) is 2.66. The Bertz CT molecular complexity index is 689. The second-order valence-corrected chi connectivity index (χ2v) is 6.28. The zero-order chi connectivity index (χ0) is 16.8. The number of ether oxygens (including phenoxy) is 1. The van der Waals surface area contributed by atoms with Crippen LogP contribution in [0.2, 0.25) is 0 Å². The van der Waals surface area contributed by atoms with Crippen molar-refractivity contribution in [2.75, 3.05) is 13.6 Å². The minimum atomic E-state index is -4.14. The Kier molecular flexibility index (Phi) is 6.73. The SMILES string of the molecule is C=CCN(C)C(=O)NS(=O)(=O)c1ccccc1O/C(Cl)=C/Cl. The van der Waals surface area contributed by atoms with Gasteiger partial charge in [-0.15, -0.1) is 6.58 Å². The van der Waals surface area contributed by atoms with Crippen LogP contribution < -0.4 is 9.46 Å². The van der Waals surface area contributed by atoms with Crippen molar-refractivity contribution in [3.05, 3.63) is 47.7 Å². The van der Waals surface area contributed by atoms with Crippen LogP contribution in [0, 0.1) is 0 Å². The number of nitrogens with one attached hydrogen (secondary N) is 1. The maximum absolute atomic E-state index is 12.3. The molecular weight excluding hydrogens is 351 g/mol. The molecule has 9 heteroatoms. The fourth-order valence-electron chi connectivity index (χ4n) is 1.41. The first kappa shape index (κ1) is 18.3. The largest absolute Gasteiger partial charge is 0.443 e. The third-order valence-electron chi connectivity index (χ3n) is 2.40. The minimum Gasteiger partial charge on any atom is -0.443 e. The molecule has 1 N–H and O–H groups in total. The predicted molar refractivity (Wildman–Crippen MR) is 85.4 cm³/mol. The number of amides is 2. The molecule has 0 unspecified atom stereocenters. The molecule has 0 aliphatic carbocycles. The molecule has 1 rings (SSSR count). The standard InChI is InChI=1S/C13H14Cl2N2O4S/c1-3-8-17(2)13(18)16-22(19,20)11-7-5-4-6-10(11)21-12(15)9-14/h3-7,9H,1,8H2,2H3,(H,16,18)/b12-9+. The van der Waals surface area contributed by atoms with Gasteiger partial charge in [-0.25, -0.2) is 17.9 Å². The van der Waals surface area contributed by atoms with Crippen LogP contribution in [0.25, 0.3) is 0 Å². The molecule has 0 aliphatic heterocycles. The third-order valence-corrected chi connectivity index (χ3v) is 4.26. The highest BCUT2D eigenvalue weighted by molar-refractivity contribution is 7.90. The second-order valence-electron chi connectivity index (χ2n) is 4.04. The molecule has 0 bridgehead atoms. The molecule has 0 heterocycles. The fraction of sp³-hybridized carbons (Fsp3) is 0.154. The minimum absolute atomic E-state index is 0.0592. The van der Waals surface area contributed by atoms with Gasteiger partial charge in [-0.1, -0.05) is 29.8 Å². The maximum Gasteiger partial charge on any atom is 0.331 e. The van der Waals surface area contributed by atoms with Gasteiger partial charge in [0, 0.05) is 13.6 Å². The van der Waals surface area contributed by atoms with E-state index >= 15 is 0 Å².